The van der Waals surface area contributed by atoms with Gasteiger partial charge in [0.1, 0.15) is 0 Å². The fraction of sp³-hybridized carbons (Fsp3) is 0.636. The molecule has 1 fully saturated rings. The second kappa shape index (κ2) is 4.89. The Morgan fingerprint density at radius 1 is 1.50 bits per heavy atom. The van der Waals surface area contributed by atoms with Crippen LogP contribution in [0, 0.1) is 0 Å². The van der Waals surface area contributed by atoms with Crippen molar-refractivity contribution in [1.82, 2.24) is 10.3 Å². The Balaban J connectivity index is 1.84. The SMILES string of the molecule is CC(NC1CCSCC1)c1ccc[nH]1. The average Bonchev–Trinajstić information content (AvgIpc) is 2.72. The van der Waals surface area contributed by atoms with Gasteiger partial charge in [0.05, 0.1) is 0 Å². The van der Waals surface area contributed by atoms with Gasteiger partial charge >= 0.3 is 0 Å². The van der Waals surface area contributed by atoms with Gasteiger partial charge in [0.25, 0.3) is 0 Å². The summed E-state index contributed by atoms with van der Waals surface area (Å²) in [5.41, 5.74) is 1.29. The van der Waals surface area contributed by atoms with E-state index in [0.29, 0.717) is 6.04 Å². The third kappa shape index (κ3) is 2.55. The smallest absolute Gasteiger partial charge is 0.0446 e. The van der Waals surface area contributed by atoms with Crippen molar-refractivity contribution >= 4 is 11.8 Å². The molecule has 2 nitrogen and oxygen atoms in total. The molecule has 1 aliphatic heterocycles. The zero-order valence-corrected chi connectivity index (χ0v) is 9.44. The van der Waals surface area contributed by atoms with Gasteiger partial charge in [-0.3, -0.25) is 0 Å². The number of thioether (sulfide) groups is 1. The predicted molar refractivity (Wildman–Crippen MR) is 62.7 cm³/mol. The van der Waals surface area contributed by atoms with E-state index in [4.69, 9.17) is 0 Å². The lowest BCUT2D eigenvalue weighted by atomic mass is 10.1. The molecule has 14 heavy (non-hydrogen) atoms. The van der Waals surface area contributed by atoms with Crippen LogP contribution in [-0.4, -0.2) is 22.5 Å². The minimum Gasteiger partial charge on any atom is -0.364 e. The largest absolute Gasteiger partial charge is 0.364 e. The Kier molecular flexibility index (Phi) is 3.54. The molecule has 0 amide bonds. The molecule has 2 N–H and O–H groups in total. The second-order valence-corrected chi connectivity index (χ2v) is 5.13. The van der Waals surface area contributed by atoms with E-state index in [1.165, 1.54) is 30.0 Å². The molecular weight excluding hydrogens is 192 g/mol. The normalized spacial score (nSPS) is 20.9. The van der Waals surface area contributed by atoms with Crippen LogP contribution >= 0.6 is 11.8 Å². The van der Waals surface area contributed by atoms with Gasteiger partial charge in [0, 0.05) is 24.0 Å². The fourth-order valence-corrected chi connectivity index (χ4v) is 3.03. The first-order valence-corrected chi connectivity index (χ1v) is 6.49. The van der Waals surface area contributed by atoms with Crippen molar-refractivity contribution in [3.8, 4) is 0 Å². The Morgan fingerprint density at radius 3 is 2.93 bits per heavy atom. The maximum absolute atomic E-state index is 3.68. The predicted octanol–water partition coefficient (Wildman–Crippen LogP) is 2.56. The molecule has 1 unspecified atom stereocenters. The van der Waals surface area contributed by atoms with Crippen molar-refractivity contribution in [2.75, 3.05) is 11.5 Å². The van der Waals surface area contributed by atoms with Crippen LogP contribution in [0.1, 0.15) is 31.5 Å². The summed E-state index contributed by atoms with van der Waals surface area (Å²) in [6, 6.07) is 5.38. The first-order chi connectivity index (χ1) is 6.86. The lowest BCUT2D eigenvalue weighted by Gasteiger charge is -2.26. The summed E-state index contributed by atoms with van der Waals surface area (Å²) in [4.78, 5) is 3.26. The maximum Gasteiger partial charge on any atom is 0.0446 e. The van der Waals surface area contributed by atoms with Crippen molar-refractivity contribution in [3.05, 3.63) is 24.0 Å². The molecule has 0 aliphatic carbocycles. The Hall–Kier alpha value is -0.410. The van der Waals surface area contributed by atoms with Gasteiger partial charge in [0.15, 0.2) is 0 Å². The topological polar surface area (TPSA) is 27.8 Å². The molecule has 1 aliphatic rings. The number of hydrogen-bond donors (Lipinski definition) is 2. The van der Waals surface area contributed by atoms with Crippen LogP contribution in [0.15, 0.2) is 18.3 Å². The van der Waals surface area contributed by atoms with Crippen molar-refractivity contribution in [2.24, 2.45) is 0 Å². The molecule has 0 aromatic carbocycles. The number of H-pyrrole nitrogens is 1. The lowest BCUT2D eigenvalue weighted by Crippen LogP contribution is -2.34. The Morgan fingerprint density at radius 2 is 2.29 bits per heavy atom. The molecule has 1 saturated heterocycles. The molecule has 2 heterocycles. The van der Waals surface area contributed by atoms with E-state index in [2.05, 4.69) is 41.1 Å². The zero-order chi connectivity index (χ0) is 9.80. The van der Waals surface area contributed by atoms with Gasteiger partial charge in [0.2, 0.25) is 0 Å². The molecule has 0 saturated carbocycles. The second-order valence-electron chi connectivity index (χ2n) is 3.90. The monoisotopic (exact) mass is 210 g/mol. The van der Waals surface area contributed by atoms with E-state index in [0.717, 1.165) is 6.04 Å². The summed E-state index contributed by atoms with van der Waals surface area (Å²) in [5, 5.41) is 3.68. The van der Waals surface area contributed by atoms with Gasteiger partial charge in [-0.1, -0.05) is 0 Å². The third-order valence-corrected chi connectivity index (χ3v) is 3.84. The summed E-state index contributed by atoms with van der Waals surface area (Å²) in [6.07, 6.45) is 4.62. The molecule has 1 aromatic rings. The third-order valence-electron chi connectivity index (χ3n) is 2.80. The summed E-state index contributed by atoms with van der Waals surface area (Å²) in [6.45, 7) is 2.23. The molecule has 0 spiro atoms. The Bertz CT molecular complexity index is 252. The van der Waals surface area contributed by atoms with E-state index >= 15 is 0 Å². The van der Waals surface area contributed by atoms with Crippen molar-refractivity contribution in [2.45, 2.75) is 31.8 Å². The van der Waals surface area contributed by atoms with Gasteiger partial charge < -0.3 is 10.3 Å². The number of hydrogen-bond acceptors (Lipinski definition) is 2. The van der Waals surface area contributed by atoms with E-state index < -0.39 is 0 Å². The number of aromatic amines is 1. The standard InChI is InChI=1S/C11H18N2S/c1-9(11-3-2-6-12-11)13-10-4-7-14-8-5-10/h2-3,6,9-10,12-13H,4-5,7-8H2,1H3. The van der Waals surface area contributed by atoms with Gasteiger partial charge in [-0.15, -0.1) is 0 Å². The summed E-state index contributed by atoms with van der Waals surface area (Å²) in [5.74, 6) is 2.63. The van der Waals surface area contributed by atoms with Crippen molar-refractivity contribution in [1.29, 1.82) is 0 Å². The molecule has 3 heteroatoms. The van der Waals surface area contributed by atoms with Gasteiger partial charge in [-0.25, -0.2) is 0 Å². The highest BCUT2D eigenvalue weighted by atomic mass is 32.2. The van der Waals surface area contributed by atoms with Crippen molar-refractivity contribution < 1.29 is 0 Å². The summed E-state index contributed by atoms with van der Waals surface area (Å²) < 4.78 is 0. The first-order valence-electron chi connectivity index (χ1n) is 5.33. The van der Waals surface area contributed by atoms with Crippen LogP contribution in [0.25, 0.3) is 0 Å². The fourth-order valence-electron chi connectivity index (χ4n) is 1.92. The van der Waals surface area contributed by atoms with Crippen LogP contribution < -0.4 is 5.32 Å². The van der Waals surface area contributed by atoms with E-state index in [-0.39, 0.29) is 0 Å². The van der Waals surface area contributed by atoms with Crippen molar-refractivity contribution in [3.63, 3.8) is 0 Å². The zero-order valence-electron chi connectivity index (χ0n) is 8.62. The van der Waals surface area contributed by atoms with Crippen LogP contribution in [0.4, 0.5) is 0 Å². The minimum absolute atomic E-state index is 0.457. The molecule has 1 aromatic heterocycles. The highest BCUT2D eigenvalue weighted by Gasteiger charge is 2.16. The molecule has 0 radical (unpaired) electrons. The number of nitrogens with one attached hydrogen (secondary N) is 2. The maximum atomic E-state index is 3.68. The molecule has 1 atom stereocenters. The van der Waals surface area contributed by atoms with E-state index in [1.54, 1.807) is 0 Å². The number of rotatable bonds is 3. The Labute approximate surface area is 89.9 Å². The average molecular weight is 210 g/mol. The van der Waals surface area contributed by atoms with E-state index in [1.807, 2.05) is 6.20 Å². The van der Waals surface area contributed by atoms with E-state index in [9.17, 15) is 0 Å². The van der Waals surface area contributed by atoms with Crippen LogP contribution in [0.5, 0.6) is 0 Å². The van der Waals surface area contributed by atoms with Gasteiger partial charge in [-0.05, 0) is 43.4 Å². The van der Waals surface area contributed by atoms with Crippen LogP contribution in [0.2, 0.25) is 0 Å². The highest BCUT2D eigenvalue weighted by molar-refractivity contribution is 7.99. The quantitative estimate of drug-likeness (QED) is 0.802. The lowest BCUT2D eigenvalue weighted by molar-refractivity contribution is 0.427. The summed E-state index contributed by atoms with van der Waals surface area (Å²) in [7, 11) is 0. The summed E-state index contributed by atoms with van der Waals surface area (Å²) >= 11 is 2.08. The molecular formula is C11H18N2S. The number of aromatic nitrogens is 1. The molecule has 0 bridgehead atoms. The highest BCUT2D eigenvalue weighted by Crippen LogP contribution is 2.20. The van der Waals surface area contributed by atoms with Crippen LogP contribution in [0.3, 0.4) is 0 Å². The molecule has 78 valence electrons. The molecule has 2 rings (SSSR count). The first kappa shape index (κ1) is 10.1. The van der Waals surface area contributed by atoms with Gasteiger partial charge in [-0.2, -0.15) is 11.8 Å². The minimum atomic E-state index is 0.457. The van der Waals surface area contributed by atoms with Crippen LogP contribution in [-0.2, 0) is 0 Å².